The van der Waals surface area contributed by atoms with Crippen molar-refractivity contribution in [2.45, 2.75) is 44.6 Å². The summed E-state index contributed by atoms with van der Waals surface area (Å²) in [5.41, 5.74) is 2.36. The maximum absolute atomic E-state index is 5.94. The van der Waals surface area contributed by atoms with Crippen LogP contribution in [0.3, 0.4) is 0 Å². The molecule has 5 heterocycles. The normalized spacial score (nSPS) is 20.5. The molecule has 0 N–H and O–H groups in total. The van der Waals surface area contributed by atoms with Crippen LogP contribution in [0.5, 0.6) is 0 Å². The summed E-state index contributed by atoms with van der Waals surface area (Å²) in [7, 11) is 1.72. The molecule has 2 fully saturated rings. The van der Waals surface area contributed by atoms with Crippen LogP contribution in [0, 0.1) is 6.92 Å². The van der Waals surface area contributed by atoms with Crippen LogP contribution in [-0.2, 0) is 16.0 Å². The molecule has 0 radical (unpaired) electrons. The number of piperidine rings is 1. The quantitative estimate of drug-likeness (QED) is 0.610. The highest BCUT2D eigenvalue weighted by Gasteiger charge is 2.30. The molecule has 0 bridgehead atoms. The number of nitrogens with zero attached hydrogens (tertiary/aromatic N) is 6. The van der Waals surface area contributed by atoms with Crippen molar-refractivity contribution >= 4 is 17.2 Å². The van der Waals surface area contributed by atoms with Gasteiger partial charge in [-0.1, -0.05) is 0 Å². The van der Waals surface area contributed by atoms with Gasteiger partial charge in [-0.15, -0.1) is 0 Å². The number of pyridine rings is 1. The van der Waals surface area contributed by atoms with E-state index < -0.39 is 0 Å². The third-order valence-electron chi connectivity index (χ3n) is 6.03. The number of ether oxygens (including phenoxy) is 2. The topological polar surface area (TPSA) is 91.3 Å². The fraction of sp³-hybridized carbons (Fsp3) is 0.619. The van der Waals surface area contributed by atoms with Gasteiger partial charge in [0.15, 0.2) is 11.4 Å². The van der Waals surface area contributed by atoms with Gasteiger partial charge in [0, 0.05) is 44.3 Å². The number of methoxy groups -OCH3 is 1. The number of hydrogen-bond acceptors (Lipinski definition) is 8. The van der Waals surface area contributed by atoms with Crippen LogP contribution in [0.1, 0.15) is 48.4 Å². The molecule has 0 saturated carbocycles. The molecule has 0 amide bonds. The monoisotopic (exact) mass is 412 g/mol. The molecular weight excluding hydrogens is 384 g/mol. The van der Waals surface area contributed by atoms with Gasteiger partial charge in [-0.3, -0.25) is 0 Å². The number of rotatable bonds is 6. The Morgan fingerprint density at radius 3 is 2.73 bits per heavy atom. The second kappa shape index (κ2) is 8.31. The Kier molecular flexibility index (Phi) is 5.39. The van der Waals surface area contributed by atoms with E-state index in [1.807, 2.05) is 23.7 Å². The van der Waals surface area contributed by atoms with Crippen LogP contribution in [0.2, 0.25) is 0 Å². The van der Waals surface area contributed by atoms with Gasteiger partial charge < -0.3 is 18.8 Å². The molecule has 1 atom stereocenters. The van der Waals surface area contributed by atoms with Crippen molar-refractivity contribution in [3.05, 3.63) is 29.5 Å². The van der Waals surface area contributed by atoms with Crippen LogP contribution < -0.4 is 4.90 Å². The molecule has 5 rings (SSSR count). The number of aryl methyl sites for hydroxylation is 1. The molecule has 160 valence electrons. The summed E-state index contributed by atoms with van der Waals surface area (Å²) in [6.07, 6.45) is 2.96. The minimum absolute atomic E-state index is 0.309. The average molecular weight is 412 g/mol. The number of hydrogen-bond donors (Lipinski definition) is 0. The molecular formula is C21H28N6O3. The van der Waals surface area contributed by atoms with Gasteiger partial charge in [0.05, 0.1) is 19.8 Å². The van der Waals surface area contributed by atoms with Crippen LogP contribution >= 0.6 is 0 Å². The Labute approximate surface area is 175 Å². The predicted octanol–water partition coefficient (Wildman–Crippen LogP) is 2.66. The summed E-state index contributed by atoms with van der Waals surface area (Å²) < 4.78 is 18.8. The van der Waals surface area contributed by atoms with Crippen LogP contribution in [0.15, 0.2) is 16.5 Å². The number of aromatic nitrogens is 5. The zero-order valence-corrected chi connectivity index (χ0v) is 17.6. The molecule has 2 aliphatic rings. The largest absolute Gasteiger partial charge is 0.422 e. The van der Waals surface area contributed by atoms with Crippen molar-refractivity contribution in [1.82, 2.24) is 24.7 Å². The van der Waals surface area contributed by atoms with Gasteiger partial charge in [0.25, 0.3) is 6.01 Å². The maximum Gasteiger partial charge on any atom is 0.299 e. The average Bonchev–Trinajstić information content (AvgIpc) is 3.50. The first kappa shape index (κ1) is 19.4. The maximum atomic E-state index is 5.94. The molecule has 1 unspecified atom stereocenters. The Morgan fingerprint density at radius 2 is 1.97 bits per heavy atom. The van der Waals surface area contributed by atoms with Gasteiger partial charge >= 0.3 is 0 Å². The van der Waals surface area contributed by atoms with E-state index in [2.05, 4.69) is 14.9 Å². The molecule has 9 nitrogen and oxygen atoms in total. The smallest absolute Gasteiger partial charge is 0.299 e. The molecule has 9 heteroatoms. The second-order valence-electron chi connectivity index (χ2n) is 8.14. The highest BCUT2D eigenvalue weighted by molar-refractivity contribution is 5.70. The van der Waals surface area contributed by atoms with Gasteiger partial charge in [-0.25, -0.2) is 14.6 Å². The molecule has 2 saturated heterocycles. The SMILES string of the molecule is COCCn1nc(C2CCOC2)nc1C1CCN(c2nc3nc(C)ccc3o2)CC1. The van der Waals surface area contributed by atoms with Crippen molar-refractivity contribution in [3.8, 4) is 0 Å². The first-order valence-corrected chi connectivity index (χ1v) is 10.7. The van der Waals surface area contributed by atoms with E-state index in [0.29, 0.717) is 30.1 Å². The lowest BCUT2D eigenvalue weighted by Crippen LogP contribution is -2.34. The minimum Gasteiger partial charge on any atom is -0.422 e. The van der Waals surface area contributed by atoms with E-state index in [-0.39, 0.29) is 0 Å². The number of fused-ring (bicyclic) bond motifs is 1. The van der Waals surface area contributed by atoms with Crippen molar-refractivity contribution in [3.63, 3.8) is 0 Å². The molecule has 30 heavy (non-hydrogen) atoms. The van der Waals surface area contributed by atoms with Crippen molar-refractivity contribution in [2.24, 2.45) is 0 Å². The van der Waals surface area contributed by atoms with E-state index in [1.54, 1.807) is 7.11 Å². The van der Waals surface area contributed by atoms with E-state index >= 15 is 0 Å². The van der Waals surface area contributed by atoms with E-state index in [0.717, 1.165) is 75.0 Å². The zero-order chi connectivity index (χ0) is 20.5. The number of oxazole rings is 1. The molecule has 3 aromatic rings. The van der Waals surface area contributed by atoms with Gasteiger partial charge in [-0.2, -0.15) is 10.1 Å². The molecule has 0 spiro atoms. The first-order chi connectivity index (χ1) is 14.7. The van der Waals surface area contributed by atoms with E-state index in [9.17, 15) is 0 Å². The van der Waals surface area contributed by atoms with Gasteiger partial charge in [0.2, 0.25) is 5.65 Å². The third-order valence-corrected chi connectivity index (χ3v) is 6.03. The lowest BCUT2D eigenvalue weighted by Gasteiger charge is -2.30. The Balaban J connectivity index is 1.31. The van der Waals surface area contributed by atoms with Crippen LogP contribution in [0.25, 0.3) is 11.2 Å². The summed E-state index contributed by atoms with van der Waals surface area (Å²) in [6, 6.07) is 4.54. The molecule has 3 aromatic heterocycles. The first-order valence-electron chi connectivity index (χ1n) is 10.7. The summed E-state index contributed by atoms with van der Waals surface area (Å²) in [6.45, 7) is 6.57. The second-order valence-corrected chi connectivity index (χ2v) is 8.14. The highest BCUT2D eigenvalue weighted by atomic mass is 16.5. The van der Waals surface area contributed by atoms with Crippen LogP contribution in [0.4, 0.5) is 6.01 Å². The lowest BCUT2D eigenvalue weighted by molar-refractivity contribution is 0.181. The summed E-state index contributed by atoms with van der Waals surface area (Å²) in [5.74, 6) is 2.67. The molecule has 0 aromatic carbocycles. The Morgan fingerprint density at radius 1 is 1.10 bits per heavy atom. The summed E-state index contributed by atoms with van der Waals surface area (Å²) in [5, 5.41) is 4.81. The zero-order valence-electron chi connectivity index (χ0n) is 17.6. The summed E-state index contributed by atoms with van der Waals surface area (Å²) in [4.78, 5) is 16.2. The summed E-state index contributed by atoms with van der Waals surface area (Å²) >= 11 is 0. The molecule has 0 aliphatic carbocycles. The standard InChI is InChI=1S/C21H28N6O3/c1-14-3-4-17-19(22-14)24-21(30-17)26-8-5-15(6-9-26)20-23-18(16-7-11-29-13-16)25-27(20)10-12-28-2/h3-4,15-16H,5-13H2,1-2H3. The van der Waals surface area contributed by atoms with E-state index in [1.165, 1.54) is 0 Å². The molecule has 2 aliphatic heterocycles. The van der Waals surface area contributed by atoms with Crippen LogP contribution in [-0.4, -0.2) is 64.8 Å². The lowest BCUT2D eigenvalue weighted by atomic mass is 9.96. The predicted molar refractivity (Wildman–Crippen MR) is 111 cm³/mol. The van der Waals surface area contributed by atoms with Crippen molar-refractivity contribution < 1.29 is 13.9 Å². The Hall–Kier alpha value is -2.52. The van der Waals surface area contributed by atoms with Gasteiger partial charge in [0.1, 0.15) is 5.82 Å². The van der Waals surface area contributed by atoms with E-state index in [4.69, 9.17) is 24.0 Å². The third kappa shape index (κ3) is 3.79. The van der Waals surface area contributed by atoms with Crippen molar-refractivity contribution in [1.29, 1.82) is 0 Å². The fourth-order valence-corrected chi connectivity index (χ4v) is 4.29. The fourth-order valence-electron chi connectivity index (χ4n) is 4.29. The Bertz CT molecular complexity index is 1000. The van der Waals surface area contributed by atoms with Crippen molar-refractivity contribution in [2.75, 3.05) is 44.9 Å². The van der Waals surface area contributed by atoms with Gasteiger partial charge in [-0.05, 0) is 38.3 Å². The number of anilines is 1. The highest BCUT2D eigenvalue weighted by Crippen LogP contribution is 2.32. The minimum atomic E-state index is 0.309.